The summed E-state index contributed by atoms with van der Waals surface area (Å²) in [5.41, 5.74) is 11.7. The van der Waals surface area contributed by atoms with Crippen LogP contribution in [0.25, 0.3) is 0 Å². The van der Waals surface area contributed by atoms with E-state index in [1.54, 1.807) is 13.8 Å². The summed E-state index contributed by atoms with van der Waals surface area (Å²) in [7, 11) is -14.8. The van der Waals surface area contributed by atoms with Crippen LogP contribution in [0.15, 0.2) is 0 Å². The minimum atomic E-state index is -3.93. The maximum absolute atomic E-state index is 11.5. The summed E-state index contributed by atoms with van der Waals surface area (Å²) in [6.45, 7) is 13.2. The molecule has 0 rings (SSSR count). The van der Waals surface area contributed by atoms with Crippen LogP contribution in [-0.4, -0.2) is 84.3 Å². The average molecular weight is 577 g/mol. The molecule has 0 amide bonds. The molecule has 0 aliphatic carbocycles. The lowest BCUT2D eigenvalue weighted by Crippen LogP contribution is -2.67. The van der Waals surface area contributed by atoms with Crippen molar-refractivity contribution in [3.63, 3.8) is 0 Å². The van der Waals surface area contributed by atoms with Crippen LogP contribution in [-0.2, 0) is 30.0 Å². The fourth-order valence-electron chi connectivity index (χ4n) is 3.70. The summed E-state index contributed by atoms with van der Waals surface area (Å²) in [6, 6.07) is 1.32. The van der Waals surface area contributed by atoms with E-state index in [9.17, 15) is 9.59 Å². The molecule has 0 aliphatic rings. The molecule has 0 aromatic carbocycles. The van der Waals surface area contributed by atoms with Gasteiger partial charge >= 0.3 is 35.2 Å². The second-order valence-electron chi connectivity index (χ2n) is 8.11. The molecule has 35 heavy (non-hydrogen) atoms. The zero-order chi connectivity index (χ0) is 26.8. The van der Waals surface area contributed by atoms with Gasteiger partial charge in [-0.2, -0.15) is 0 Å². The highest BCUT2D eigenvalue weighted by atomic mass is 28.5. The zero-order valence-electron chi connectivity index (χ0n) is 22.8. The third kappa shape index (κ3) is 13.2. The first-order chi connectivity index (χ1) is 16.6. The Labute approximate surface area is 217 Å². The van der Waals surface area contributed by atoms with E-state index in [0.717, 1.165) is 0 Å². The zero-order valence-corrected chi connectivity index (χ0v) is 26.8. The molecule has 0 aromatic heterocycles. The molecule has 11 nitrogen and oxygen atoms in total. The molecular formula is C20H52N2O9Si4. The van der Waals surface area contributed by atoms with Gasteiger partial charge in [0.2, 0.25) is 0 Å². The number of rotatable bonds is 24. The molecule has 0 aliphatic heterocycles. The van der Waals surface area contributed by atoms with Gasteiger partial charge in [0, 0.05) is 50.6 Å². The Morgan fingerprint density at radius 3 is 1.20 bits per heavy atom. The van der Waals surface area contributed by atoms with Gasteiger partial charge in [0.05, 0.1) is 0 Å². The normalized spacial score (nSPS) is 17.7. The third-order valence-corrected chi connectivity index (χ3v) is 19.6. The fraction of sp³-hybridized carbons (Fsp3) is 1.00. The van der Waals surface area contributed by atoms with Crippen molar-refractivity contribution >= 4 is 35.2 Å². The van der Waals surface area contributed by atoms with E-state index < -0.39 is 35.2 Å². The Morgan fingerprint density at radius 2 is 0.886 bits per heavy atom. The highest BCUT2D eigenvalue weighted by molar-refractivity contribution is 6.84. The Morgan fingerprint density at radius 1 is 0.514 bits per heavy atom. The van der Waals surface area contributed by atoms with Crippen LogP contribution in [0.1, 0.15) is 67.2 Å². The number of hydrogen-bond acceptors (Lipinski definition) is 11. The summed E-state index contributed by atoms with van der Waals surface area (Å²) in [5.74, 6) is 0. The standard InChI is InChI=1S/C20H52N2O9Si4/c1-7-17-32(23,25-9-3)29-35(20-14-16-22,30-33(24,18-8-2)26-10-4)31-34(27-11-5,28-12-6)19-13-15-21/h23-24H,7-22H2,1-6H3. The molecule has 0 saturated heterocycles. The number of nitrogens with two attached hydrogens (primary N) is 2. The van der Waals surface area contributed by atoms with Gasteiger partial charge in [-0.15, -0.1) is 0 Å². The lowest BCUT2D eigenvalue weighted by atomic mass is 10.5. The van der Waals surface area contributed by atoms with E-state index in [1.165, 1.54) is 0 Å². The topological polar surface area (TPSA) is 157 Å². The average Bonchev–Trinajstić information content (AvgIpc) is 2.77. The van der Waals surface area contributed by atoms with Crippen molar-refractivity contribution in [1.29, 1.82) is 0 Å². The van der Waals surface area contributed by atoms with Crippen molar-refractivity contribution in [2.45, 2.75) is 91.4 Å². The van der Waals surface area contributed by atoms with Crippen LogP contribution in [0.2, 0.25) is 24.2 Å². The first-order valence-electron chi connectivity index (χ1n) is 13.1. The highest BCUT2D eigenvalue weighted by Crippen LogP contribution is 2.34. The first-order valence-corrected chi connectivity index (χ1v) is 20.9. The predicted molar refractivity (Wildman–Crippen MR) is 144 cm³/mol. The summed E-state index contributed by atoms with van der Waals surface area (Å²) >= 11 is 0. The molecular weight excluding hydrogens is 525 g/mol. The maximum Gasteiger partial charge on any atom is 0.493 e. The van der Waals surface area contributed by atoms with Gasteiger partial charge in [0.15, 0.2) is 0 Å². The van der Waals surface area contributed by atoms with Gasteiger partial charge in [-0.3, -0.25) is 0 Å². The van der Waals surface area contributed by atoms with Crippen LogP contribution < -0.4 is 11.5 Å². The molecule has 0 spiro atoms. The lowest BCUT2D eigenvalue weighted by molar-refractivity contribution is 0.0507. The first kappa shape index (κ1) is 35.4. The molecule has 15 heteroatoms. The molecule has 0 bridgehead atoms. The van der Waals surface area contributed by atoms with E-state index in [4.69, 9.17) is 41.5 Å². The fourth-order valence-corrected chi connectivity index (χ4v) is 19.5. The summed E-state index contributed by atoms with van der Waals surface area (Å²) < 4.78 is 43.5. The third-order valence-electron chi connectivity index (χ3n) is 4.92. The quantitative estimate of drug-likeness (QED) is 0.125. The van der Waals surface area contributed by atoms with E-state index in [0.29, 0.717) is 70.1 Å². The lowest BCUT2D eigenvalue weighted by Gasteiger charge is -2.43. The van der Waals surface area contributed by atoms with Gasteiger partial charge < -0.3 is 51.1 Å². The molecule has 212 valence electrons. The molecule has 0 fully saturated rings. The Balaban J connectivity index is 6.77. The predicted octanol–water partition coefficient (Wildman–Crippen LogP) is 2.44. The van der Waals surface area contributed by atoms with Crippen molar-refractivity contribution in [2.24, 2.45) is 11.5 Å². The van der Waals surface area contributed by atoms with E-state index >= 15 is 0 Å². The largest absolute Gasteiger partial charge is 0.493 e. The summed E-state index contributed by atoms with van der Waals surface area (Å²) in [4.78, 5) is 23.0. The van der Waals surface area contributed by atoms with Gasteiger partial charge in [-0.05, 0) is 53.6 Å². The van der Waals surface area contributed by atoms with Crippen molar-refractivity contribution in [2.75, 3.05) is 39.5 Å². The van der Waals surface area contributed by atoms with Crippen LogP contribution in [0, 0.1) is 0 Å². The Bertz CT molecular complexity index is 499. The monoisotopic (exact) mass is 576 g/mol. The Kier molecular flexibility index (Phi) is 18.9. The minimum Gasteiger partial charge on any atom is -0.390 e. The molecule has 0 heterocycles. The number of hydrogen-bond donors (Lipinski definition) is 4. The minimum absolute atomic E-state index is 0.249. The molecule has 0 aromatic rings. The van der Waals surface area contributed by atoms with Crippen molar-refractivity contribution in [3.8, 4) is 0 Å². The second kappa shape index (κ2) is 18.6. The maximum atomic E-state index is 11.5. The summed E-state index contributed by atoms with van der Waals surface area (Å²) in [5, 5.41) is 0. The summed E-state index contributed by atoms with van der Waals surface area (Å²) in [6.07, 6.45) is 2.37. The van der Waals surface area contributed by atoms with Gasteiger partial charge in [0.1, 0.15) is 0 Å². The van der Waals surface area contributed by atoms with Crippen molar-refractivity contribution < 1.29 is 39.6 Å². The highest BCUT2D eigenvalue weighted by Gasteiger charge is 2.61. The molecule has 0 radical (unpaired) electrons. The SMILES string of the molecule is CCC[Si](O)(OCC)O[Si](CCCN)(O[Si](O)(CCC)OCC)O[Si](CCCN)(OCC)OCC. The van der Waals surface area contributed by atoms with Crippen LogP contribution in [0.3, 0.4) is 0 Å². The molecule has 2 atom stereocenters. The van der Waals surface area contributed by atoms with Gasteiger partial charge in [-0.25, -0.2) is 0 Å². The van der Waals surface area contributed by atoms with E-state index in [-0.39, 0.29) is 19.3 Å². The van der Waals surface area contributed by atoms with Crippen molar-refractivity contribution in [1.82, 2.24) is 0 Å². The van der Waals surface area contributed by atoms with Crippen LogP contribution in [0.4, 0.5) is 0 Å². The molecule has 0 saturated carbocycles. The van der Waals surface area contributed by atoms with Crippen LogP contribution in [0.5, 0.6) is 0 Å². The van der Waals surface area contributed by atoms with E-state index in [2.05, 4.69) is 0 Å². The second-order valence-corrected chi connectivity index (χ2v) is 19.3. The molecule has 6 N–H and O–H groups in total. The van der Waals surface area contributed by atoms with E-state index in [1.807, 2.05) is 27.7 Å². The Hall–Kier alpha value is 0.428. The van der Waals surface area contributed by atoms with Gasteiger partial charge in [-0.1, -0.05) is 26.7 Å². The van der Waals surface area contributed by atoms with Crippen LogP contribution >= 0.6 is 0 Å². The van der Waals surface area contributed by atoms with Crippen molar-refractivity contribution in [3.05, 3.63) is 0 Å². The smallest absolute Gasteiger partial charge is 0.390 e. The van der Waals surface area contributed by atoms with Gasteiger partial charge in [0.25, 0.3) is 0 Å². The molecule has 2 unspecified atom stereocenters.